The van der Waals surface area contributed by atoms with Gasteiger partial charge in [-0.2, -0.15) is 18.3 Å². The van der Waals surface area contributed by atoms with E-state index < -0.39 is 17.2 Å². The molecule has 2 N–H and O–H groups in total. The quantitative estimate of drug-likeness (QED) is 0.592. The van der Waals surface area contributed by atoms with Crippen molar-refractivity contribution in [3.05, 3.63) is 23.4 Å². The fraction of sp³-hybridized carbons (Fsp3) is 0.808. The van der Waals surface area contributed by atoms with E-state index in [-0.39, 0.29) is 41.0 Å². The normalized spacial score (nSPS) is 35.0. The standard InChI is InChI=1S/C26H30F3N7O3/c27-26(28,29)24(1-2-24)19-34-33-18(39-19)23-9-22(10-23,11-23)15-7-35(8-15)20(37)36-12-21(13-36)5-14(6-21)16-30-17(32-31-16)25(38)3-4-25/h14-15,38H,1-13H2,(H,30,31,32). The molecule has 8 aliphatic rings. The molecule has 39 heavy (non-hydrogen) atoms. The average molecular weight is 546 g/mol. The lowest BCUT2D eigenvalue weighted by Crippen LogP contribution is -2.74. The topological polar surface area (TPSA) is 124 Å². The van der Waals surface area contributed by atoms with Gasteiger partial charge in [0.25, 0.3) is 0 Å². The second-order valence-corrected chi connectivity index (χ2v) is 14.1. The maximum Gasteiger partial charge on any atom is 0.403 e. The summed E-state index contributed by atoms with van der Waals surface area (Å²) in [6.45, 7) is 3.05. The summed E-state index contributed by atoms with van der Waals surface area (Å²) >= 11 is 0. The van der Waals surface area contributed by atoms with E-state index in [4.69, 9.17) is 4.42 Å². The number of hydrogen-bond acceptors (Lipinski definition) is 7. The molecule has 1 spiro atoms. The van der Waals surface area contributed by atoms with Crippen molar-refractivity contribution >= 4 is 6.03 Å². The minimum absolute atomic E-state index is 0.0211. The molecule has 8 fully saturated rings. The van der Waals surface area contributed by atoms with Crippen molar-refractivity contribution in [2.24, 2.45) is 16.7 Å². The molecule has 2 amide bonds. The van der Waals surface area contributed by atoms with Gasteiger partial charge in [-0.25, -0.2) is 9.78 Å². The zero-order chi connectivity index (χ0) is 26.6. The molecule has 2 aromatic heterocycles. The number of aromatic amines is 1. The molecular weight excluding hydrogens is 515 g/mol. The summed E-state index contributed by atoms with van der Waals surface area (Å²) in [7, 11) is 0. The summed E-state index contributed by atoms with van der Waals surface area (Å²) in [4.78, 5) is 21.4. The molecule has 10 rings (SSSR count). The van der Waals surface area contributed by atoms with Crippen LogP contribution in [0.2, 0.25) is 0 Å². The van der Waals surface area contributed by atoms with Gasteiger partial charge >= 0.3 is 12.2 Å². The van der Waals surface area contributed by atoms with Crippen LogP contribution in [-0.2, 0) is 16.4 Å². The number of nitrogens with one attached hydrogen (secondary N) is 1. The van der Waals surface area contributed by atoms with Crippen LogP contribution in [0.1, 0.15) is 87.1 Å². The Kier molecular flexibility index (Phi) is 3.90. The predicted molar refractivity (Wildman–Crippen MR) is 125 cm³/mol. The largest absolute Gasteiger partial charge is 0.424 e. The maximum absolute atomic E-state index is 13.4. The molecule has 2 aromatic rings. The van der Waals surface area contributed by atoms with Gasteiger partial charge in [0.05, 0.1) is 5.41 Å². The first-order valence-corrected chi connectivity index (χ1v) is 14.1. The van der Waals surface area contributed by atoms with Crippen molar-refractivity contribution < 1.29 is 27.5 Å². The fourth-order valence-corrected chi connectivity index (χ4v) is 8.47. The first-order valence-electron chi connectivity index (χ1n) is 14.1. The number of amides is 2. The number of alkyl halides is 3. The molecule has 13 heteroatoms. The third-order valence-corrected chi connectivity index (χ3v) is 11.4. The lowest BCUT2D eigenvalue weighted by atomic mass is 9.31. The number of aliphatic hydroxyl groups is 1. The summed E-state index contributed by atoms with van der Waals surface area (Å²) in [5.74, 6) is 2.22. The van der Waals surface area contributed by atoms with E-state index in [9.17, 15) is 23.1 Å². The minimum Gasteiger partial charge on any atom is -0.424 e. The number of halogens is 3. The Labute approximate surface area is 221 Å². The number of aromatic nitrogens is 5. The van der Waals surface area contributed by atoms with E-state index in [2.05, 4.69) is 25.4 Å². The predicted octanol–water partition coefficient (Wildman–Crippen LogP) is 3.12. The van der Waals surface area contributed by atoms with Gasteiger partial charge in [0.1, 0.15) is 16.8 Å². The number of urea groups is 1. The Balaban J connectivity index is 0.754. The molecule has 2 bridgehead atoms. The number of nitrogens with zero attached hydrogens (tertiary/aromatic N) is 6. The van der Waals surface area contributed by atoms with E-state index in [1.165, 1.54) is 0 Å². The van der Waals surface area contributed by atoms with Crippen LogP contribution in [0, 0.1) is 16.7 Å². The number of rotatable bonds is 5. The molecule has 2 aliphatic heterocycles. The van der Waals surface area contributed by atoms with Crippen LogP contribution in [0.4, 0.5) is 18.0 Å². The number of carbonyl (C=O) groups is 1. The highest BCUT2D eigenvalue weighted by molar-refractivity contribution is 5.76. The van der Waals surface area contributed by atoms with Gasteiger partial charge in [0.15, 0.2) is 5.82 Å². The Morgan fingerprint density at radius 2 is 1.67 bits per heavy atom. The molecule has 6 saturated carbocycles. The van der Waals surface area contributed by atoms with Gasteiger partial charge < -0.3 is 19.3 Å². The molecule has 0 unspecified atom stereocenters. The second-order valence-electron chi connectivity index (χ2n) is 14.1. The molecule has 2 saturated heterocycles. The molecule has 208 valence electrons. The molecule has 4 heterocycles. The number of hydrogen-bond donors (Lipinski definition) is 2. The third kappa shape index (κ3) is 2.89. The maximum atomic E-state index is 13.4. The van der Waals surface area contributed by atoms with Gasteiger partial charge in [0.2, 0.25) is 11.8 Å². The molecule has 6 aliphatic carbocycles. The van der Waals surface area contributed by atoms with Crippen molar-refractivity contribution in [2.75, 3.05) is 26.2 Å². The fourth-order valence-electron chi connectivity index (χ4n) is 8.47. The lowest BCUT2D eigenvalue weighted by molar-refractivity contribution is -0.217. The van der Waals surface area contributed by atoms with Crippen LogP contribution in [0.5, 0.6) is 0 Å². The van der Waals surface area contributed by atoms with Crippen LogP contribution in [0.3, 0.4) is 0 Å². The van der Waals surface area contributed by atoms with Gasteiger partial charge in [0, 0.05) is 37.5 Å². The van der Waals surface area contributed by atoms with Gasteiger partial charge in [-0.1, -0.05) is 0 Å². The SMILES string of the molecule is O=C(N1CC(C23CC(c4nnc(C5(C(F)(F)F)CC5)o4)(C2)C3)C1)N1CC2(CC(c3nc(C4(O)CC4)n[nH]3)C2)C1. The zero-order valence-corrected chi connectivity index (χ0v) is 21.4. The van der Waals surface area contributed by atoms with Crippen LogP contribution in [0.15, 0.2) is 4.42 Å². The summed E-state index contributed by atoms with van der Waals surface area (Å²) in [5, 5.41) is 25.3. The van der Waals surface area contributed by atoms with Crippen molar-refractivity contribution in [1.82, 2.24) is 35.2 Å². The number of H-pyrrole nitrogens is 1. The van der Waals surface area contributed by atoms with Crippen molar-refractivity contribution in [3.8, 4) is 0 Å². The van der Waals surface area contributed by atoms with Crippen molar-refractivity contribution in [1.29, 1.82) is 0 Å². The average Bonchev–Trinajstić information content (AvgIpc) is 3.59. The Morgan fingerprint density at radius 1 is 1.00 bits per heavy atom. The second kappa shape index (κ2) is 6.60. The zero-order valence-electron chi connectivity index (χ0n) is 21.4. The smallest absolute Gasteiger partial charge is 0.403 e. The first kappa shape index (κ1) is 23.0. The van der Waals surface area contributed by atoms with E-state index in [0.29, 0.717) is 23.6 Å². The van der Waals surface area contributed by atoms with E-state index in [0.717, 1.165) is 76.9 Å². The van der Waals surface area contributed by atoms with Gasteiger partial charge in [-0.05, 0) is 69.1 Å². The van der Waals surface area contributed by atoms with Crippen LogP contribution >= 0.6 is 0 Å². The van der Waals surface area contributed by atoms with E-state index in [1.54, 1.807) is 0 Å². The van der Waals surface area contributed by atoms with E-state index >= 15 is 0 Å². The number of likely N-dealkylation sites (tertiary alicyclic amines) is 2. The van der Waals surface area contributed by atoms with Crippen LogP contribution in [-0.4, -0.2) is 78.7 Å². The third-order valence-electron chi connectivity index (χ3n) is 11.4. The highest BCUT2D eigenvalue weighted by atomic mass is 19.4. The monoisotopic (exact) mass is 545 g/mol. The van der Waals surface area contributed by atoms with E-state index in [1.807, 2.05) is 9.80 Å². The summed E-state index contributed by atoms with van der Waals surface area (Å²) in [6.07, 6.45) is 1.70. The highest BCUT2D eigenvalue weighted by Crippen LogP contribution is 2.77. The van der Waals surface area contributed by atoms with Gasteiger partial charge in [-0.3, -0.25) is 5.10 Å². The molecular formula is C26H30F3N7O3. The molecule has 0 aromatic carbocycles. The Bertz CT molecular complexity index is 1370. The molecule has 10 nitrogen and oxygen atoms in total. The Morgan fingerprint density at radius 3 is 2.28 bits per heavy atom. The minimum atomic E-state index is -4.35. The van der Waals surface area contributed by atoms with Crippen LogP contribution < -0.4 is 0 Å². The van der Waals surface area contributed by atoms with Crippen LogP contribution in [0.25, 0.3) is 0 Å². The summed E-state index contributed by atoms with van der Waals surface area (Å²) < 4.78 is 45.9. The lowest BCUT2D eigenvalue weighted by Gasteiger charge is -2.74. The highest BCUT2D eigenvalue weighted by Gasteiger charge is 2.75. The first-order chi connectivity index (χ1) is 18.5. The van der Waals surface area contributed by atoms with Crippen molar-refractivity contribution in [2.45, 2.75) is 86.3 Å². The summed E-state index contributed by atoms with van der Waals surface area (Å²) in [6, 6.07) is 0.114. The summed E-state index contributed by atoms with van der Waals surface area (Å²) in [5.41, 5.74) is -2.67. The molecule has 0 atom stereocenters. The van der Waals surface area contributed by atoms with Crippen molar-refractivity contribution in [3.63, 3.8) is 0 Å². The molecule has 0 radical (unpaired) electrons. The Hall–Kier alpha value is -2.70. The van der Waals surface area contributed by atoms with Gasteiger partial charge in [-0.15, -0.1) is 10.2 Å². The number of carbonyl (C=O) groups excluding carboxylic acids is 1.